The van der Waals surface area contributed by atoms with E-state index in [9.17, 15) is 14.4 Å². The number of carbonyl (C=O) groups is 3. The van der Waals surface area contributed by atoms with Crippen LogP contribution in [0.1, 0.15) is 11.1 Å². The highest BCUT2D eigenvalue weighted by Gasteiger charge is 2.35. The summed E-state index contributed by atoms with van der Waals surface area (Å²) >= 11 is 0.845. The SMILES string of the molecule is O=C(CN1C(=O)S/C(=C\C=C\c2ccccc2)C1=O)NCCc1c[nH]c2ccccc12. The number of carbonyl (C=O) groups excluding carboxylic acids is 3. The normalized spacial score (nSPS) is 15.5. The summed E-state index contributed by atoms with van der Waals surface area (Å²) in [5.74, 6) is -0.803. The molecule has 1 aromatic heterocycles. The second-order valence-electron chi connectivity index (χ2n) is 7.02. The van der Waals surface area contributed by atoms with Crippen LogP contribution in [0.25, 0.3) is 17.0 Å². The summed E-state index contributed by atoms with van der Waals surface area (Å²) in [5, 5.41) is 3.48. The fourth-order valence-electron chi connectivity index (χ4n) is 3.34. The molecule has 3 aromatic rings. The molecular weight excluding hydrogens is 410 g/mol. The summed E-state index contributed by atoms with van der Waals surface area (Å²) in [6, 6.07) is 17.6. The number of imide groups is 1. The number of nitrogens with one attached hydrogen (secondary N) is 2. The van der Waals surface area contributed by atoms with Crippen LogP contribution in [0.4, 0.5) is 4.79 Å². The van der Waals surface area contributed by atoms with Gasteiger partial charge in [0.2, 0.25) is 5.91 Å². The standard InChI is InChI=1S/C24H21N3O3S/c28-22(25-14-13-18-15-26-20-11-5-4-10-19(18)20)16-27-23(29)21(31-24(27)30)12-6-9-17-7-2-1-3-8-17/h1-12,15,26H,13-14,16H2,(H,25,28)/b9-6+,21-12-. The van der Waals surface area contributed by atoms with Crippen molar-refractivity contribution in [1.29, 1.82) is 0 Å². The second-order valence-corrected chi connectivity index (χ2v) is 8.01. The topological polar surface area (TPSA) is 82.3 Å². The third-order valence-corrected chi connectivity index (χ3v) is 5.83. The monoisotopic (exact) mass is 431 g/mol. The van der Waals surface area contributed by atoms with Crippen molar-refractivity contribution >= 4 is 45.8 Å². The molecular formula is C24H21N3O3S. The molecule has 0 unspecified atom stereocenters. The van der Waals surface area contributed by atoms with Crippen LogP contribution < -0.4 is 5.32 Å². The zero-order valence-electron chi connectivity index (χ0n) is 16.7. The summed E-state index contributed by atoms with van der Waals surface area (Å²) in [5.41, 5.74) is 3.15. The molecule has 0 radical (unpaired) electrons. The van der Waals surface area contributed by atoms with Crippen LogP contribution in [-0.2, 0) is 16.0 Å². The fourth-order valence-corrected chi connectivity index (χ4v) is 4.13. The van der Waals surface area contributed by atoms with E-state index in [0.29, 0.717) is 17.9 Å². The van der Waals surface area contributed by atoms with E-state index in [1.165, 1.54) is 0 Å². The number of H-pyrrole nitrogens is 1. The number of para-hydroxylation sites is 1. The summed E-state index contributed by atoms with van der Waals surface area (Å²) in [7, 11) is 0. The molecule has 6 nitrogen and oxygen atoms in total. The Labute approximate surface area is 184 Å². The number of allylic oxidation sites excluding steroid dienone is 2. The minimum atomic E-state index is -0.445. The van der Waals surface area contributed by atoms with Crippen molar-refractivity contribution in [2.24, 2.45) is 0 Å². The molecule has 31 heavy (non-hydrogen) atoms. The lowest BCUT2D eigenvalue weighted by atomic mass is 10.1. The minimum Gasteiger partial charge on any atom is -0.361 e. The van der Waals surface area contributed by atoms with E-state index in [-0.39, 0.29) is 12.5 Å². The van der Waals surface area contributed by atoms with E-state index < -0.39 is 11.1 Å². The third-order valence-electron chi connectivity index (χ3n) is 4.90. The van der Waals surface area contributed by atoms with Crippen LogP contribution in [-0.4, -0.2) is 40.0 Å². The zero-order chi connectivity index (χ0) is 21.6. The molecule has 0 bridgehead atoms. The van der Waals surface area contributed by atoms with Crippen LogP contribution in [0.15, 0.2) is 77.9 Å². The minimum absolute atomic E-state index is 0.279. The number of benzene rings is 2. The van der Waals surface area contributed by atoms with E-state index in [2.05, 4.69) is 10.3 Å². The smallest absolute Gasteiger partial charge is 0.294 e. The molecule has 0 spiro atoms. The van der Waals surface area contributed by atoms with Gasteiger partial charge in [0.05, 0.1) is 4.91 Å². The summed E-state index contributed by atoms with van der Waals surface area (Å²) in [6.07, 6.45) is 7.77. The Bertz CT molecular complexity index is 1180. The van der Waals surface area contributed by atoms with Gasteiger partial charge in [-0.1, -0.05) is 60.7 Å². The van der Waals surface area contributed by atoms with Gasteiger partial charge >= 0.3 is 0 Å². The van der Waals surface area contributed by atoms with Gasteiger partial charge in [-0.2, -0.15) is 0 Å². The molecule has 4 rings (SSSR count). The van der Waals surface area contributed by atoms with E-state index in [1.807, 2.05) is 66.9 Å². The molecule has 2 heterocycles. The van der Waals surface area contributed by atoms with E-state index >= 15 is 0 Å². The van der Waals surface area contributed by atoms with Crippen molar-refractivity contribution in [2.75, 3.05) is 13.1 Å². The third kappa shape index (κ3) is 4.95. The fraction of sp³-hybridized carbons (Fsp3) is 0.125. The summed E-state index contributed by atoms with van der Waals surface area (Å²) in [4.78, 5) is 41.5. The average Bonchev–Trinajstić information content (AvgIpc) is 3.31. The quantitative estimate of drug-likeness (QED) is 0.552. The maximum absolute atomic E-state index is 12.5. The number of amides is 3. The largest absolute Gasteiger partial charge is 0.361 e. The van der Waals surface area contributed by atoms with Gasteiger partial charge in [0.15, 0.2) is 0 Å². The predicted molar refractivity (Wildman–Crippen MR) is 123 cm³/mol. The first kappa shape index (κ1) is 20.7. The predicted octanol–water partition coefficient (Wildman–Crippen LogP) is 4.12. The number of rotatable bonds is 7. The molecule has 156 valence electrons. The number of nitrogens with zero attached hydrogens (tertiary/aromatic N) is 1. The molecule has 2 N–H and O–H groups in total. The van der Waals surface area contributed by atoms with Gasteiger partial charge in [-0.25, -0.2) is 0 Å². The zero-order valence-corrected chi connectivity index (χ0v) is 17.5. The molecule has 0 aliphatic carbocycles. The summed E-state index contributed by atoms with van der Waals surface area (Å²) < 4.78 is 0. The molecule has 2 aromatic carbocycles. The highest BCUT2D eigenvalue weighted by molar-refractivity contribution is 8.18. The highest BCUT2D eigenvalue weighted by atomic mass is 32.2. The maximum atomic E-state index is 12.5. The Morgan fingerprint density at radius 2 is 1.84 bits per heavy atom. The van der Waals surface area contributed by atoms with Crippen molar-refractivity contribution in [3.63, 3.8) is 0 Å². The average molecular weight is 432 g/mol. The van der Waals surface area contributed by atoms with Gasteiger partial charge in [0, 0.05) is 23.6 Å². The molecule has 1 saturated heterocycles. The first-order valence-corrected chi connectivity index (χ1v) is 10.7. The molecule has 1 aliphatic heterocycles. The second kappa shape index (κ2) is 9.49. The van der Waals surface area contributed by atoms with E-state index in [0.717, 1.165) is 38.7 Å². The number of hydrogen-bond acceptors (Lipinski definition) is 4. The van der Waals surface area contributed by atoms with Crippen molar-refractivity contribution in [3.8, 4) is 0 Å². The lowest BCUT2D eigenvalue weighted by molar-refractivity contribution is -0.129. The lowest BCUT2D eigenvalue weighted by Gasteiger charge is -2.12. The van der Waals surface area contributed by atoms with Crippen molar-refractivity contribution < 1.29 is 14.4 Å². The molecule has 0 saturated carbocycles. The van der Waals surface area contributed by atoms with Crippen molar-refractivity contribution in [3.05, 3.63) is 89.0 Å². The van der Waals surface area contributed by atoms with E-state index in [4.69, 9.17) is 0 Å². The molecule has 3 amide bonds. The first-order valence-electron chi connectivity index (χ1n) is 9.90. The number of aromatic amines is 1. The van der Waals surface area contributed by atoms with Gasteiger partial charge < -0.3 is 10.3 Å². The van der Waals surface area contributed by atoms with E-state index in [1.54, 1.807) is 12.2 Å². The lowest BCUT2D eigenvalue weighted by Crippen LogP contribution is -2.40. The molecule has 1 fully saturated rings. The number of hydrogen-bond donors (Lipinski definition) is 2. The van der Waals surface area contributed by atoms with Crippen molar-refractivity contribution in [1.82, 2.24) is 15.2 Å². The Hall–Kier alpha value is -3.58. The Morgan fingerprint density at radius 3 is 2.68 bits per heavy atom. The summed E-state index contributed by atoms with van der Waals surface area (Å²) in [6.45, 7) is 0.144. The van der Waals surface area contributed by atoms with Crippen LogP contribution >= 0.6 is 11.8 Å². The molecule has 1 aliphatic rings. The number of thioether (sulfide) groups is 1. The van der Waals surface area contributed by atoms with Crippen LogP contribution in [0.2, 0.25) is 0 Å². The van der Waals surface area contributed by atoms with Crippen LogP contribution in [0.3, 0.4) is 0 Å². The Balaban J connectivity index is 1.29. The highest BCUT2D eigenvalue weighted by Crippen LogP contribution is 2.30. The number of fused-ring (bicyclic) bond motifs is 1. The number of aromatic nitrogens is 1. The van der Waals surface area contributed by atoms with Crippen LogP contribution in [0.5, 0.6) is 0 Å². The van der Waals surface area contributed by atoms with Crippen molar-refractivity contribution in [2.45, 2.75) is 6.42 Å². The van der Waals surface area contributed by atoms with Gasteiger partial charge in [0.1, 0.15) is 6.54 Å². The first-order chi connectivity index (χ1) is 15.1. The Kier molecular flexibility index (Phi) is 6.33. The molecule has 7 heteroatoms. The molecule has 0 atom stereocenters. The van der Waals surface area contributed by atoms with Gasteiger partial charge in [-0.3, -0.25) is 19.3 Å². The van der Waals surface area contributed by atoms with Gasteiger partial charge in [-0.15, -0.1) is 0 Å². The van der Waals surface area contributed by atoms with Crippen LogP contribution in [0, 0.1) is 0 Å². The maximum Gasteiger partial charge on any atom is 0.294 e. The van der Waals surface area contributed by atoms with Gasteiger partial charge in [0.25, 0.3) is 11.1 Å². The van der Waals surface area contributed by atoms with Gasteiger partial charge in [-0.05, 0) is 41.5 Å². The Morgan fingerprint density at radius 1 is 1.06 bits per heavy atom.